The van der Waals surface area contributed by atoms with Gasteiger partial charge in [0.15, 0.2) is 5.84 Å². The van der Waals surface area contributed by atoms with Crippen LogP contribution in [-0.2, 0) is 11.3 Å². The number of hydrogen-bond acceptors (Lipinski definition) is 4. The Morgan fingerprint density at radius 2 is 2.39 bits per heavy atom. The Bertz CT molecular complexity index is 416. The van der Waals surface area contributed by atoms with E-state index in [-0.39, 0.29) is 5.84 Å². The summed E-state index contributed by atoms with van der Waals surface area (Å²) in [5.74, 6) is 0.871. The first-order chi connectivity index (χ1) is 8.81. The Morgan fingerprint density at radius 1 is 1.56 bits per heavy atom. The van der Waals surface area contributed by atoms with Crippen molar-refractivity contribution in [1.82, 2.24) is 4.98 Å². The summed E-state index contributed by atoms with van der Waals surface area (Å²) in [6.07, 6.45) is 6.78. The monoisotopic (exact) mass is 249 g/mol. The third-order valence-electron chi connectivity index (χ3n) is 3.39. The molecule has 0 aromatic carbocycles. The zero-order chi connectivity index (χ0) is 12.8. The molecule has 1 aromatic heterocycles. The van der Waals surface area contributed by atoms with Crippen LogP contribution in [0.15, 0.2) is 23.5 Å². The van der Waals surface area contributed by atoms with Gasteiger partial charge in [-0.2, -0.15) is 0 Å². The average Bonchev–Trinajstić information content (AvgIpc) is 2.36. The topological polar surface area (TPSA) is 80.7 Å². The Labute approximate surface area is 107 Å². The number of hydrogen-bond donors (Lipinski definition) is 2. The van der Waals surface area contributed by atoms with Gasteiger partial charge >= 0.3 is 0 Å². The maximum absolute atomic E-state index is 8.68. The molecule has 2 rings (SSSR count). The van der Waals surface area contributed by atoms with Crippen LogP contribution in [0.3, 0.4) is 0 Å². The van der Waals surface area contributed by atoms with E-state index in [0.29, 0.717) is 12.3 Å². The molecule has 0 unspecified atom stereocenters. The van der Waals surface area contributed by atoms with Gasteiger partial charge < -0.3 is 15.7 Å². The van der Waals surface area contributed by atoms with Crippen LogP contribution in [0.5, 0.6) is 0 Å². The lowest BCUT2D eigenvalue weighted by atomic mass is 9.83. The molecule has 5 nitrogen and oxygen atoms in total. The zero-order valence-electron chi connectivity index (χ0n) is 10.4. The van der Waals surface area contributed by atoms with E-state index >= 15 is 0 Å². The first-order valence-electron chi connectivity index (χ1n) is 6.31. The maximum Gasteiger partial charge on any atom is 0.189 e. The summed E-state index contributed by atoms with van der Waals surface area (Å²) >= 11 is 0. The van der Waals surface area contributed by atoms with E-state index in [1.165, 1.54) is 19.3 Å². The number of nitrogens with zero attached hydrogens (tertiary/aromatic N) is 2. The summed E-state index contributed by atoms with van der Waals surface area (Å²) in [6.45, 7) is 1.21. The molecule has 3 N–H and O–H groups in total. The van der Waals surface area contributed by atoms with Gasteiger partial charge in [0, 0.05) is 18.4 Å². The molecule has 0 bridgehead atoms. The number of amidine groups is 1. The molecule has 5 heteroatoms. The number of oxime groups is 1. The van der Waals surface area contributed by atoms with E-state index < -0.39 is 0 Å². The minimum Gasteiger partial charge on any atom is -0.409 e. The second-order valence-corrected chi connectivity index (χ2v) is 4.63. The van der Waals surface area contributed by atoms with Gasteiger partial charge in [-0.3, -0.25) is 4.98 Å². The molecule has 0 saturated heterocycles. The smallest absolute Gasteiger partial charge is 0.189 e. The number of rotatable bonds is 6. The number of ether oxygens (including phenoxy) is 1. The van der Waals surface area contributed by atoms with Gasteiger partial charge in [0.25, 0.3) is 0 Å². The Kier molecular flexibility index (Phi) is 4.52. The van der Waals surface area contributed by atoms with Crippen LogP contribution >= 0.6 is 0 Å². The number of pyridine rings is 1. The van der Waals surface area contributed by atoms with Crippen molar-refractivity contribution in [2.24, 2.45) is 16.8 Å². The highest BCUT2D eigenvalue weighted by molar-refractivity contribution is 5.96. The van der Waals surface area contributed by atoms with Gasteiger partial charge in [-0.05, 0) is 18.4 Å². The molecule has 0 radical (unpaired) electrons. The van der Waals surface area contributed by atoms with Gasteiger partial charge in [-0.25, -0.2) is 0 Å². The molecule has 1 saturated carbocycles. The van der Waals surface area contributed by atoms with E-state index in [9.17, 15) is 0 Å². The highest BCUT2D eigenvalue weighted by atomic mass is 16.5. The molecule has 1 heterocycles. The third kappa shape index (κ3) is 3.20. The lowest BCUT2D eigenvalue weighted by molar-refractivity contribution is 0.0947. The van der Waals surface area contributed by atoms with Crippen molar-refractivity contribution >= 4 is 5.84 Å². The number of aromatic nitrogens is 1. The van der Waals surface area contributed by atoms with Crippen molar-refractivity contribution in [3.63, 3.8) is 0 Å². The van der Waals surface area contributed by atoms with Crippen molar-refractivity contribution in [2.45, 2.75) is 32.3 Å². The molecule has 1 aromatic rings. The summed E-state index contributed by atoms with van der Waals surface area (Å²) in [5.41, 5.74) is 6.90. The molecule has 0 amide bonds. The molecule has 18 heavy (non-hydrogen) atoms. The van der Waals surface area contributed by atoms with Crippen LogP contribution in [0.2, 0.25) is 0 Å². The Hall–Kier alpha value is -1.62. The minimum atomic E-state index is 0.0215. The van der Waals surface area contributed by atoms with Gasteiger partial charge in [0.2, 0.25) is 0 Å². The SMILES string of the molecule is N/C(=N/O)c1ncccc1COCCC1CCC1. The second kappa shape index (κ2) is 6.35. The lowest BCUT2D eigenvalue weighted by Gasteiger charge is -2.24. The largest absolute Gasteiger partial charge is 0.409 e. The summed E-state index contributed by atoms with van der Waals surface area (Å²) in [6, 6.07) is 3.70. The summed E-state index contributed by atoms with van der Waals surface area (Å²) in [5, 5.41) is 11.7. The predicted molar refractivity (Wildman–Crippen MR) is 68.4 cm³/mol. The second-order valence-electron chi connectivity index (χ2n) is 4.63. The van der Waals surface area contributed by atoms with Crippen LogP contribution in [0.1, 0.15) is 36.9 Å². The molecular formula is C13H19N3O2. The highest BCUT2D eigenvalue weighted by Gasteiger charge is 2.16. The van der Waals surface area contributed by atoms with Crippen molar-refractivity contribution in [2.75, 3.05) is 6.61 Å². The fourth-order valence-corrected chi connectivity index (χ4v) is 2.05. The Balaban J connectivity index is 1.84. The third-order valence-corrected chi connectivity index (χ3v) is 3.39. The first-order valence-corrected chi connectivity index (χ1v) is 6.31. The molecule has 98 valence electrons. The van der Waals surface area contributed by atoms with Crippen molar-refractivity contribution in [3.8, 4) is 0 Å². The minimum absolute atomic E-state index is 0.0215. The normalized spacial score (nSPS) is 16.6. The maximum atomic E-state index is 8.68. The highest BCUT2D eigenvalue weighted by Crippen LogP contribution is 2.29. The molecule has 1 aliphatic rings. The van der Waals surface area contributed by atoms with Gasteiger partial charge in [-0.15, -0.1) is 0 Å². The fraction of sp³-hybridized carbons (Fsp3) is 0.538. The van der Waals surface area contributed by atoms with Crippen molar-refractivity contribution in [3.05, 3.63) is 29.6 Å². The van der Waals surface area contributed by atoms with Crippen LogP contribution in [0.4, 0.5) is 0 Å². The molecule has 0 aliphatic heterocycles. The van der Waals surface area contributed by atoms with Crippen molar-refractivity contribution < 1.29 is 9.94 Å². The zero-order valence-corrected chi connectivity index (χ0v) is 10.4. The van der Waals surface area contributed by atoms with E-state index in [1.807, 2.05) is 12.1 Å². The standard InChI is InChI=1S/C13H19N3O2/c14-13(16-17)12-11(5-2-7-15-12)9-18-8-6-10-3-1-4-10/h2,5,7,10,17H,1,3-4,6,8-9H2,(H2,14,16). The molecular weight excluding hydrogens is 230 g/mol. The Morgan fingerprint density at radius 3 is 3.06 bits per heavy atom. The van der Waals surface area contributed by atoms with E-state index in [2.05, 4.69) is 10.1 Å². The van der Waals surface area contributed by atoms with Crippen LogP contribution in [-0.4, -0.2) is 22.6 Å². The van der Waals surface area contributed by atoms with Crippen molar-refractivity contribution in [1.29, 1.82) is 0 Å². The van der Waals surface area contributed by atoms with E-state index in [0.717, 1.165) is 24.5 Å². The summed E-state index contributed by atoms with van der Waals surface area (Å²) < 4.78 is 5.63. The molecule has 0 spiro atoms. The predicted octanol–water partition coefficient (Wildman–Crippen LogP) is 1.88. The van der Waals surface area contributed by atoms with Crippen LogP contribution < -0.4 is 5.73 Å². The molecule has 1 fully saturated rings. The van der Waals surface area contributed by atoms with Gasteiger partial charge in [-0.1, -0.05) is 30.5 Å². The number of nitrogens with two attached hydrogens (primary N) is 1. The van der Waals surface area contributed by atoms with E-state index in [1.54, 1.807) is 6.20 Å². The average molecular weight is 249 g/mol. The van der Waals surface area contributed by atoms with Gasteiger partial charge in [0.05, 0.1) is 6.61 Å². The summed E-state index contributed by atoms with van der Waals surface area (Å²) in [4.78, 5) is 4.09. The van der Waals surface area contributed by atoms with E-state index in [4.69, 9.17) is 15.7 Å². The first kappa shape index (κ1) is 12.8. The van der Waals surface area contributed by atoms with Crippen LogP contribution in [0.25, 0.3) is 0 Å². The molecule has 0 atom stereocenters. The lowest BCUT2D eigenvalue weighted by Crippen LogP contribution is -2.18. The quantitative estimate of drug-likeness (QED) is 0.265. The van der Waals surface area contributed by atoms with Crippen LogP contribution in [0, 0.1) is 5.92 Å². The fourth-order valence-electron chi connectivity index (χ4n) is 2.05. The summed E-state index contributed by atoms with van der Waals surface area (Å²) in [7, 11) is 0. The molecule has 1 aliphatic carbocycles. The van der Waals surface area contributed by atoms with Gasteiger partial charge in [0.1, 0.15) is 5.69 Å².